The van der Waals surface area contributed by atoms with E-state index < -0.39 is 16.8 Å². The number of benzene rings is 1. The molecule has 2 aromatic rings. The number of carboxylic acid groups (broad SMARTS) is 1. The van der Waals surface area contributed by atoms with E-state index >= 15 is 0 Å². The van der Waals surface area contributed by atoms with Gasteiger partial charge in [-0.3, -0.25) is 9.00 Å². The minimum atomic E-state index is -1.35. The molecular formula is C15H15NO4S. The van der Waals surface area contributed by atoms with Crippen LogP contribution < -0.4 is 5.56 Å². The van der Waals surface area contributed by atoms with Crippen molar-refractivity contribution in [1.29, 1.82) is 0 Å². The lowest BCUT2D eigenvalue weighted by Gasteiger charge is -2.07. The van der Waals surface area contributed by atoms with Crippen LogP contribution in [-0.2, 0) is 17.3 Å². The Kier molecular flexibility index (Phi) is 4.70. The predicted molar refractivity (Wildman–Crippen MR) is 80.1 cm³/mol. The van der Waals surface area contributed by atoms with E-state index in [1.54, 1.807) is 37.4 Å². The SMILES string of the molecule is Cc1ccc(S(=O)CCn2ccccc2=O)cc1C(=O)O. The summed E-state index contributed by atoms with van der Waals surface area (Å²) in [5.74, 6) is -0.780. The molecule has 0 aliphatic rings. The molecule has 1 aromatic heterocycles. The van der Waals surface area contributed by atoms with E-state index in [4.69, 9.17) is 5.11 Å². The Hall–Kier alpha value is -2.21. The van der Waals surface area contributed by atoms with E-state index in [-0.39, 0.29) is 16.9 Å². The summed E-state index contributed by atoms with van der Waals surface area (Å²) in [4.78, 5) is 23.1. The molecule has 2 rings (SSSR count). The Morgan fingerprint density at radius 2 is 2.05 bits per heavy atom. The first-order chi connectivity index (χ1) is 9.99. The average Bonchev–Trinajstić information content (AvgIpc) is 2.46. The zero-order valence-corrected chi connectivity index (χ0v) is 12.3. The molecular weight excluding hydrogens is 290 g/mol. The number of hydrogen-bond acceptors (Lipinski definition) is 3. The first-order valence-corrected chi connectivity index (χ1v) is 7.68. The first-order valence-electron chi connectivity index (χ1n) is 6.37. The van der Waals surface area contributed by atoms with Gasteiger partial charge < -0.3 is 9.67 Å². The van der Waals surface area contributed by atoms with Crippen molar-refractivity contribution in [3.63, 3.8) is 0 Å². The zero-order valence-electron chi connectivity index (χ0n) is 11.5. The largest absolute Gasteiger partial charge is 0.478 e. The number of carbonyl (C=O) groups is 1. The van der Waals surface area contributed by atoms with Gasteiger partial charge in [-0.1, -0.05) is 12.1 Å². The summed E-state index contributed by atoms with van der Waals surface area (Å²) in [6.07, 6.45) is 1.64. The molecule has 1 unspecified atom stereocenters. The van der Waals surface area contributed by atoms with Gasteiger partial charge in [0.25, 0.3) is 5.56 Å². The Morgan fingerprint density at radius 3 is 2.71 bits per heavy atom. The van der Waals surface area contributed by atoms with E-state index in [1.807, 2.05) is 0 Å². The molecule has 110 valence electrons. The fourth-order valence-electron chi connectivity index (χ4n) is 1.92. The lowest BCUT2D eigenvalue weighted by molar-refractivity contribution is 0.0696. The van der Waals surface area contributed by atoms with Gasteiger partial charge in [-0.05, 0) is 30.7 Å². The molecule has 1 heterocycles. The molecule has 0 fully saturated rings. The Labute approximate surface area is 124 Å². The second-order valence-electron chi connectivity index (χ2n) is 4.56. The highest BCUT2D eigenvalue weighted by Gasteiger charge is 2.11. The third-order valence-electron chi connectivity index (χ3n) is 3.12. The highest BCUT2D eigenvalue weighted by molar-refractivity contribution is 7.85. The van der Waals surface area contributed by atoms with Gasteiger partial charge in [0.05, 0.1) is 16.4 Å². The van der Waals surface area contributed by atoms with Crippen LogP contribution in [0.3, 0.4) is 0 Å². The first kappa shape index (κ1) is 15.2. The van der Waals surface area contributed by atoms with Gasteiger partial charge in [0, 0.05) is 29.5 Å². The second kappa shape index (κ2) is 6.49. The summed E-state index contributed by atoms with van der Waals surface area (Å²) in [5.41, 5.74) is 0.630. The maximum Gasteiger partial charge on any atom is 0.335 e. The zero-order chi connectivity index (χ0) is 15.4. The fraction of sp³-hybridized carbons (Fsp3) is 0.200. The minimum Gasteiger partial charge on any atom is -0.478 e. The highest BCUT2D eigenvalue weighted by Crippen LogP contribution is 2.14. The van der Waals surface area contributed by atoms with Crippen molar-refractivity contribution >= 4 is 16.8 Å². The molecule has 5 nitrogen and oxygen atoms in total. The molecule has 0 spiro atoms. The van der Waals surface area contributed by atoms with Crippen LogP contribution in [0.1, 0.15) is 15.9 Å². The number of rotatable bonds is 5. The number of hydrogen-bond donors (Lipinski definition) is 1. The lowest BCUT2D eigenvalue weighted by Crippen LogP contribution is -2.21. The molecule has 21 heavy (non-hydrogen) atoms. The van der Waals surface area contributed by atoms with Gasteiger partial charge in [0.15, 0.2) is 0 Å². The van der Waals surface area contributed by atoms with Gasteiger partial charge in [0.1, 0.15) is 0 Å². The monoisotopic (exact) mass is 305 g/mol. The van der Waals surface area contributed by atoms with Gasteiger partial charge >= 0.3 is 5.97 Å². The van der Waals surface area contributed by atoms with E-state index in [2.05, 4.69) is 0 Å². The smallest absolute Gasteiger partial charge is 0.335 e. The van der Waals surface area contributed by atoms with Crippen molar-refractivity contribution < 1.29 is 14.1 Å². The Bertz CT molecular complexity index is 751. The van der Waals surface area contributed by atoms with E-state index in [0.717, 1.165) is 0 Å². The summed E-state index contributed by atoms with van der Waals surface area (Å²) >= 11 is 0. The summed E-state index contributed by atoms with van der Waals surface area (Å²) in [6, 6.07) is 9.56. The Balaban J connectivity index is 2.14. The third-order valence-corrected chi connectivity index (χ3v) is 4.45. The van der Waals surface area contributed by atoms with Crippen LogP contribution >= 0.6 is 0 Å². The normalized spacial score (nSPS) is 12.0. The molecule has 0 bridgehead atoms. The molecule has 6 heteroatoms. The topological polar surface area (TPSA) is 76.4 Å². The average molecular weight is 305 g/mol. The molecule has 0 amide bonds. The number of pyridine rings is 1. The predicted octanol–water partition coefficient (Wildman–Crippen LogP) is 1.66. The molecule has 0 saturated carbocycles. The van der Waals surface area contributed by atoms with Crippen molar-refractivity contribution in [3.05, 3.63) is 64.1 Å². The number of carboxylic acids is 1. The van der Waals surface area contributed by atoms with Crippen molar-refractivity contribution in [3.8, 4) is 0 Å². The van der Waals surface area contributed by atoms with Crippen LogP contribution in [-0.4, -0.2) is 25.6 Å². The highest BCUT2D eigenvalue weighted by atomic mass is 32.2. The summed E-state index contributed by atoms with van der Waals surface area (Å²) in [5, 5.41) is 9.07. The van der Waals surface area contributed by atoms with Crippen molar-refractivity contribution in [2.45, 2.75) is 18.4 Å². The van der Waals surface area contributed by atoms with Crippen LogP contribution in [0.15, 0.2) is 52.3 Å². The third kappa shape index (κ3) is 3.66. The van der Waals surface area contributed by atoms with Crippen LogP contribution in [0.25, 0.3) is 0 Å². The molecule has 1 N–H and O–H groups in total. The Morgan fingerprint density at radius 1 is 1.29 bits per heavy atom. The van der Waals surface area contributed by atoms with Crippen LogP contribution in [0.4, 0.5) is 0 Å². The molecule has 0 aliphatic carbocycles. The van der Waals surface area contributed by atoms with E-state index in [0.29, 0.717) is 17.0 Å². The second-order valence-corrected chi connectivity index (χ2v) is 6.13. The standard InChI is InChI=1S/C15H15NO4S/c1-11-5-6-12(10-13(11)15(18)19)21(20)9-8-16-7-3-2-4-14(16)17/h2-7,10H,8-9H2,1H3,(H,18,19). The fourth-order valence-corrected chi connectivity index (χ4v) is 2.98. The van der Waals surface area contributed by atoms with Crippen LogP contribution in [0.2, 0.25) is 0 Å². The lowest BCUT2D eigenvalue weighted by atomic mass is 10.1. The summed E-state index contributed by atoms with van der Waals surface area (Å²) in [7, 11) is -1.35. The molecule has 1 aromatic carbocycles. The van der Waals surface area contributed by atoms with Crippen LogP contribution in [0.5, 0.6) is 0 Å². The van der Waals surface area contributed by atoms with Crippen molar-refractivity contribution in [2.75, 3.05) is 5.75 Å². The quantitative estimate of drug-likeness (QED) is 0.911. The molecule has 0 radical (unpaired) electrons. The number of aromatic nitrogens is 1. The summed E-state index contributed by atoms with van der Waals surface area (Å²) in [6.45, 7) is 2.02. The summed E-state index contributed by atoms with van der Waals surface area (Å²) < 4.78 is 13.7. The van der Waals surface area contributed by atoms with Crippen molar-refractivity contribution in [2.24, 2.45) is 0 Å². The van der Waals surface area contributed by atoms with Crippen LogP contribution in [0, 0.1) is 6.92 Å². The number of aryl methyl sites for hydroxylation is 2. The van der Waals surface area contributed by atoms with E-state index in [1.165, 1.54) is 16.7 Å². The number of aromatic carboxylic acids is 1. The van der Waals surface area contributed by atoms with Gasteiger partial charge in [0.2, 0.25) is 0 Å². The van der Waals surface area contributed by atoms with Gasteiger partial charge in [-0.15, -0.1) is 0 Å². The minimum absolute atomic E-state index is 0.148. The maximum absolute atomic E-state index is 12.2. The van der Waals surface area contributed by atoms with Crippen molar-refractivity contribution in [1.82, 2.24) is 4.57 Å². The molecule has 0 aliphatic heterocycles. The van der Waals surface area contributed by atoms with Gasteiger partial charge in [-0.2, -0.15) is 0 Å². The maximum atomic E-state index is 12.2. The number of nitrogens with zero attached hydrogens (tertiary/aromatic N) is 1. The van der Waals surface area contributed by atoms with E-state index in [9.17, 15) is 13.8 Å². The molecule has 0 saturated heterocycles. The molecule has 1 atom stereocenters. The van der Waals surface area contributed by atoms with Gasteiger partial charge in [-0.25, -0.2) is 4.79 Å².